The fourth-order valence-electron chi connectivity index (χ4n) is 3.52. The molecule has 0 amide bonds. The van der Waals surface area contributed by atoms with Gasteiger partial charge in [0.2, 0.25) is 0 Å². The highest BCUT2D eigenvalue weighted by atomic mass is 16.6. The molecule has 1 saturated heterocycles. The van der Waals surface area contributed by atoms with Crippen LogP contribution in [0.1, 0.15) is 6.42 Å². The zero-order chi connectivity index (χ0) is 9.45. The maximum atomic E-state index is 11.9. The quantitative estimate of drug-likeness (QED) is 0.409. The maximum absolute atomic E-state index is 11.9. The van der Waals surface area contributed by atoms with Crippen molar-refractivity contribution >= 4 is 11.6 Å². The van der Waals surface area contributed by atoms with E-state index in [1.807, 2.05) is 0 Å². The third-order valence-corrected chi connectivity index (χ3v) is 4.17. The summed E-state index contributed by atoms with van der Waals surface area (Å²) in [6.07, 6.45) is 4.50. The lowest BCUT2D eigenvalue weighted by atomic mass is 9.72. The summed E-state index contributed by atoms with van der Waals surface area (Å²) in [6, 6.07) is 0. The molecule has 3 fully saturated rings. The summed E-state index contributed by atoms with van der Waals surface area (Å²) < 4.78 is 5.14. The zero-order valence-corrected chi connectivity index (χ0v) is 7.55. The molecule has 3 aliphatic carbocycles. The molecule has 0 aromatic heterocycles. The molecule has 72 valence electrons. The number of hydrogen-bond acceptors (Lipinski definition) is 3. The summed E-state index contributed by atoms with van der Waals surface area (Å²) in [5.41, 5.74) is 0. The minimum atomic E-state index is -0.364. The number of fused-ring (bicyclic) bond motifs is 6. The fourth-order valence-corrected chi connectivity index (χ4v) is 3.52. The lowest BCUT2D eigenvalue weighted by molar-refractivity contribution is -0.135. The summed E-state index contributed by atoms with van der Waals surface area (Å²) in [7, 11) is 0. The highest BCUT2D eigenvalue weighted by molar-refractivity contribution is 6.06. The van der Waals surface area contributed by atoms with Crippen molar-refractivity contribution in [2.75, 3.05) is 0 Å². The Morgan fingerprint density at radius 3 is 2.00 bits per heavy atom. The molecule has 2 bridgehead atoms. The van der Waals surface area contributed by atoms with Crippen molar-refractivity contribution in [2.45, 2.75) is 18.6 Å². The van der Waals surface area contributed by atoms with Gasteiger partial charge in [-0.1, -0.05) is 12.2 Å². The number of carbonyl (C=O) groups excluding carboxylic acids is 2. The van der Waals surface area contributed by atoms with Crippen molar-refractivity contribution in [3.05, 3.63) is 12.2 Å². The topological polar surface area (TPSA) is 46.7 Å². The van der Waals surface area contributed by atoms with Crippen LogP contribution in [0.5, 0.6) is 0 Å². The molecule has 2 saturated carbocycles. The number of rotatable bonds is 0. The van der Waals surface area contributed by atoms with E-state index in [9.17, 15) is 9.59 Å². The van der Waals surface area contributed by atoms with Gasteiger partial charge in [0.15, 0.2) is 23.8 Å². The number of ether oxygens (including phenoxy) is 1. The Bertz CT molecular complexity index is 350. The van der Waals surface area contributed by atoms with Gasteiger partial charge in [-0.15, -0.1) is 0 Å². The van der Waals surface area contributed by atoms with E-state index in [-0.39, 0.29) is 35.6 Å². The van der Waals surface area contributed by atoms with E-state index >= 15 is 0 Å². The molecule has 14 heavy (non-hydrogen) atoms. The molecule has 4 aliphatic rings. The van der Waals surface area contributed by atoms with Gasteiger partial charge in [-0.3, -0.25) is 9.59 Å². The summed E-state index contributed by atoms with van der Waals surface area (Å²) in [4.78, 5) is 23.7. The Kier molecular flexibility index (Phi) is 1.05. The standard InChI is InChI=1S/C11H10O3/c12-8-6-4-1-2-5(3-4)7(6)9(13)11-10(8)14-11/h1-2,4-7,10-11H,3H2/t4-,5-,6-,7+,10-,11+/m0/s1. The van der Waals surface area contributed by atoms with Crippen LogP contribution in [-0.2, 0) is 14.3 Å². The van der Waals surface area contributed by atoms with Gasteiger partial charge in [0.05, 0.1) is 0 Å². The third kappa shape index (κ3) is 0.630. The van der Waals surface area contributed by atoms with Crippen molar-refractivity contribution in [1.29, 1.82) is 0 Å². The van der Waals surface area contributed by atoms with E-state index in [0.717, 1.165) is 6.42 Å². The zero-order valence-electron chi connectivity index (χ0n) is 7.55. The molecule has 1 heterocycles. The number of Topliss-reactive ketones (excluding diaryl/α,β-unsaturated/α-hetero) is 2. The minimum absolute atomic E-state index is 0.0405. The molecule has 1 aliphatic heterocycles. The van der Waals surface area contributed by atoms with E-state index in [1.54, 1.807) is 0 Å². The van der Waals surface area contributed by atoms with Gasteiger partial charge in [0, 0.05) is 11.8 Å². The Labute approximate surface area is 81.1 Å². The van der Waals surface area contributed by atoms with Crippen LogP contribution < -0.4 is 0 Å². The molecule has 0 aromatic rings. The normalized spacial score (nSPS) is 57.4. The van der Waals surface area contributed by atoms with E-state index < -0.39 is 0 Å². The lowest BCUT2D eigenvalue weighted by Crippen LogP contribution is -2.43. The number of carbonyl (C=O) groups is 2. The molecule has 0 spiro atoms. The molecule has 6 atom stereocenters. The summed E-state index contributed by atoms with van der Waals surface area (Å²) in [6.45, 7) is 0. The predicted molar refractivity (Wildman–Crippen MR) is 46.4 cm³/mol. The van der Waals surface area contributed by atoms with E-state index in [1.165, 1.54) is 0 Å². The van der Waals surface area contributed by atoms with Gasteiger partial charge in [0.1, 0.15) is 0 Å². The second kappa shape index (κ2) is 2.01. The Morgan fingerprint density at radius 1 is 1.00 bits per heavy atom. The average molecular weight is 190 g/mol. The molecule has 0 N–H and O–H groups in total. The van der Waals surface area contributed by atoms with Gasteiger partial charge >= 0.3 is 0 Å². The summed E-state index contributed by atoms with van der Waals surface area (Å²) >= 11 is 0. The first-order valence-corrected chi connectivity index (χ1v) is 5.18. The third-order valence-electron chi connectivity index (χ3n) is 4.17. The van der Waals surface area contributed by atoms with Crippen LogP contribution in [0.2, 0.25) is 0 Å². The van der Waals surface area contributed by atoms with Crippen LogP contribution in [0, 0.1) is 23.7 Å². The Hall–Kier alpha value is -0.960. The molecule has 3 nitrogen and oxygen atoms in total. The van der Waals surface area contributed by atoms with Crippen molar-refractivity contribution in [2.24, 2.45) is 23.7 Å². The molecule has 0 radical (unpaired) electrons. The average Bonchev–Trinajstić information content (AvgIpc) is 2.74. The van der Waals surface area contributed by atoms with Crippen molar-refractivity contribution < 1.29 is 14.3 Å². The number of hydrogen-bond donors (Lipinski definition) is 0. The summed E-state index contributed by atoms with van der Waals surface area (Å²) in [5.74, 6) is 0.952. The molecular weight excluding hydrogens is 180 g/mol. The first-order chi connectivity index (χ1) is 6.77. The van der Waals surface area contributed by atoms with E-state index in [0.29, 0.717) is 11.8 Å². The van der Waals surface area contributed by atoms with Crippen LogP contribution in [0.3, 0.4) is 0 Å². The van der Waals surface area contributed by atoms with Crippen molar-refractivity contribution in [3.63, 3.8) is 0 Å². The highest BCUT2D eigenvalue weighted by Crippen LogP contribution is 2.54. The Morgan fingerprint density at radius 2 is 1.50 bits per heavy atom. The molecule has 4 rings (SSSR count). The smallest absolute Gasteiger partial charge is 0.169 e. The second-order valence-electron chi connectivity index (χ2n) is 4.78. The highest BCUT2D eigenvalue weighted by Gasteiger charge is 2.66. The predicted octanol–water partition coefficient (Wildman–Crippen LogP) is 0.344. The van der Waals surface area contributed by atoms with E-state index in [2.05, 4.69) is 12.2 Å². The molecule has 0 aromatic carbocycles. The molecule has 3 heteroatoms. The van der Waals surface area contributed by atoms with Gasteiger partial charge in [0.25, 0.3) is 0 Å². The van der Waals surface area contributed by atoms with Gasteiger partial charge in [-0.05, 0) is 18.3 Å². The first kappa shape index (κ1) is 7.35. The van der Waals surface area contributed by atoms with Crippen LogP contribution in [0.25, 0.3) is 0 Å². The van der Waals surface area contributed by atoms with Gasteiger partial charge in [-0.2, -0.15) is 0 Å². The van der Waals surface area contributed by atoms with Crippen LogP contribution in [0.4, 0.5) is 0 Å². The maximum Gasteiger partial charge on any atom is 0.169 e. The lowest BCUT2D eigenvalue weighted by Gasteiger charge is -2.27. The Balaban J connectivity index is 1.84. The second-order valence-corrected chi connectivity index (χ2v) is 4.78. The number of epoxide rings is 1. The van der Waals surface area contributed by atoms with Crippen LogP contribution in [-0.4, -0.2) is 23.8 Å². The minimum Gasteiger partial charge on any atom is -0.353 e. The van der Waals surface area contributed by atoms with Crippen LogP contribution in [0.15, 0.2) is 12.2 Å². The SMILES string of the molecule is O=C1[C@H]2[C@@H](C(=O)[C@@H]3O[C@H]13)[C@H]1C=C[C@H]2C1. The molecular formula is C11H10O3. The molecule has 0 unspecified atom stereocenters. The summed E-state index contributed by atoms with van der Waals surface area (Å²) in [5, 5.41) is 0. The van der Waals surface area contributed by atoms with Gasteiger partial charge < -0.3 is 4.74 Å². The van der Waals surface area contributed by atoms with Crippen molar-refractivity contribution in [3.8, 4) is 0 Å². The first-order valence-electron chi connectivity index (χ1n) is 5.18. The van der Waals surface area contributed by atoms with Crippen LogP contribution >= 0.6 is 0 Å². The monoisotopic (exact) mass is 190 g/mol. The van der Waals surface area contributed by atoms with Gasteiger partial charge in [-0.25, -0.2) is 0 Å². The largest absolute Gasteiger partial charge is 0.353 e. The fraction of sp³-hybridized carbons (Fsp3) is 0.636. The van der Waals surface area contributed by atoms with Crippen molar-refractivity contribution in [1.82, 2.24) is 0 Å². The van der Waals surface area contributed by atoms with E-state index in [4.69, 9.17) is 4.74 Å². The number of allylic oxidation sites excluding steroid dienone is 2. The number of ketones is 2.